The monoisotopic (exact) mass is 911 g/mol. The zero-order valence-corrected chi connectivity index (χ0v) is 37.0. The molecule has 0 radical (unpaired) electrons. The Labute approximate surface area is 379 Å². The zero-order chi connectivity index (χ0) is 46.3. The highest BCUT2D eigenvalue weighted by molar-refractivity contribution is 7.96. The Kier molecular flexibility index (Phi) is 13.7. The number of non-ortho nitro benzene ring substituents is 2. The van der Waals surface area contributed by atoms with Gasteiger partial charge in [0.2, 0.25) is 5.91 Å². The van der Waals surface area contributed by atoms with Gasteiger partial charge in [0, 0.05) is 49.0 Å². The number of amides is 1. The molecule has 1 aliphatic heterocycles. The van der Waals surface area contributed by atoms with E-state index in [1.807, 2.05) is 105 Å². The van der Waals surface area contributed by atoms with Crippen molar-refractivity contribution >= 4 is 74.7 Å². The summed E-state index contributed by atoms with van der Waals surface area (Å²) < 4.78 is 17.5. The molecule has 1 aliphatic rings. The molecule has 0 aliphatic carbocycles. The highest BCUT2D eigenvalue weighted by Gasteiger charge is 2.62. The number of nitro groups is 2. The normalized spacial score (nSPS) is 15.2. The molecule has 0 N–H and O–H groups in total. The van der Waals surface area contributed by atoms with Crippen molar-refractivity contribution in [1.29, 1.82) is 0 Å². The molecule has 330 valence electrons. The van der Waals surface area contributed by atoms with Gasteiger partial charge in [0.25, 0.3) is 11.4 Å². The van der Waals surface area contributed by atoms with Gasteiger partial charge in [-0.15, -0.1) is 0 Å². The first-order valence-corrected chi connectivity index (χ1v) is 22.5. The molecule has 17 heteroatoms. The average Bonchev–Trinajstić information content (AvgIpc) is 3.32. The number of benzene rings is 5. The summed E-state index contributed by atoms with van der Waals surface area (Å²) in [5.41, 5.74) is -0.524. The van der Waals surface area contributed by atoms with Crippen LogP contribution in [0.1, 0.15) is 37.7 Å². The van der Waals surface area contributed by atoms with E-state index in [0.29, 0.717) is 11.1 Å². The Balaban J connectivity index is 1.41. The molecule has 1 fully saturated rings. The minimum atomic E-state index is -3.46. The number of nitrogens with zero attached hydrogens (tertiary/aromatic N) is 5. The fraction of sp³-hybridized carbons (Fsp3) is 0.188. The molecule has 2 heterocycles. The highest BCUT2D eigenvalue weighted by Crippen LogP contribution is 2.52. The van der Waals surface area contributed by atoms with Crippen molar-refractivity contribution in [3.8, 4) is 0 Å². The van der Waals surface area contributed by atoms with Crippen LogP contribution in [0.4, 0.5) is 16.2 Å². The fourth-order valence-electron chi connectivity index (χ4n) is 8.02. The summed E-state index contributed by atoms with van der Waals surface area (Å²) in [6, 6.07) is 39.9. The number of β-lactam (4-membered cyclic amide) rings is 1. The lowest BCUT2D eigenvalue weighted by molar-refractivity contribution is -0.385. The molecule has 1 saturated heterocycles. The van der Waals surface area contributed by atoms with Gasteiger partial charge < -0.3 is 14.2 Å². The number of thiocarbonyl (C=S) groups is 1. The van der Waals surface area contributed by atoms with Crippen LogP contribution in [0.15, 0.2) is 158 Å². The molecule has 3 atom stereocenters. The van der Waals surface area contributed by atoms with E-state index in [0.717, 1.165) is 15.9 Å². The van der Waals surface area contributed by atoms with E-state index < -0.39 is 58.2 Å². The smallest absolute Gasteiger partial charge is 0.456 e. The van der Waals surface area contributed by atoms with Crippen LogP contribution in [0.25, 0.3) is 0 Å². The van der Waals surface area contributed by atoms with Gasteiger partial charge in [0.05, 0.1) is 26.7 Å². The molecule has 65 heavy (non-hydrogen) atoms. The maximum atomic E-state index is 15.5. The Morgan fingerprint density at radius 1 is 0.708 bits per heavy atom. The number of aromatic nitrogens is 2. The van der Waals surface area contributed by atoms with E-state index in [9.17, 15) is 25.0 Å². The summed E-state index contributed by atoms with van der Waals surface area (Å²) in [6.07, 6.45) is 0.839. The number of hydrogen-bond acceptors (Lipinski definition) is 13. The Bertz CT molecular complexity index is 2680. The minimum Gasteiger partial charge on any atom is -0.456 e. The molecule has 7 rings (SSSR count). The molecule has 0 saturated carbocycles. The minimum absolute atomic E-state index is 0.0204. The lowest BCUT2D eigenvalue weighted by atomic mass is 9.66. The first kappa shape index (κ1) is 45.6. The second-order valence-corrected chi connectivity index (χ2v) is 19.3. The lowest BCUT2D eigenvalue weighted by Gasteiger charge is -2.56. The van der Waals surface area contributed by atoms with Gasteiger partial charge in [-0.05, 0) is 64.3 Å². The van der Waals surface area contributed by atoms with Gasteiger partial charge in [-0.25, -0.2) is 19.6 Å². The van der Waals surface area contributed by atoms with Crippen LogP contribution < -0.4 is 15.9 Å². The maximum Gasteiger partial charge on any atom is 0.508 e. The van der Waals surface area contributed by atoms with Crippen molar-refractivity contribution in [3.63, 3.8) is 0 Å². The summed E-state index contributed by atoms with van der Waals surface area (Å²) in [5, 5.41) is 24.8. The molecular formula is C48H42N5O10PS. The van der Waals surface area contributed by atoms with Crippen LogP contribution in [0.5, 0.6) is 0 Å². The van der Waals surface area contributed by atoms with E-state index >= 15 is 9.59 Å². The van der Waals surface area contributed by atoms with Crippen LogP contribution in [0.2, 0.25) is 0 Å². The third-order valence-corrected chi connectivity index (χ3v) is 16.2. The molecule has 3 unspecified atom stereocenters. The Morgan fingerprint density at radius 2 is 1.14 bits per heavy atom. The van der Waals surface area contributed by atoms with E-state index in [4.69, 9.17) is 26.4 Å². The second-order valence-electron chi connectivity index (χ2n) is 15.6. The van der Waals surface area contributed by atoms with Crippen LogP contribution in [0.3, 0.4) is 0 Å². The van der Waals surface area contributed by atoms with Gasteiger partial charge in [-0.2, -0.15) is 0 Å². The molecule has 0 spiro atoms. The third-order valence-electron chi connectivity index (χ3n) is 11.2. The maximum absolute atomic E-state index is 15.5. The first-order chi connectivity index (χ1) is 31.2. The molecule has 6 aromatic rings. The van der Waals surface area contributed by atoms with Crippen molar-refractivity contribution in [3.05, 3.63) is 195 Å². The summed E-state index contributed by atoms with van der Waals surface area (Å²) in [4.78, 5) is 76.4. The van der Waals surface area contributed by atoms with E-state index in [-0.39, 0.29) is 40.7 Å². The summed E-state index contributed by atoms with van der Waals surface area (Å²) in [6.45, 7) is 1.16. The number of rotatable bonds is 16. The van der Waals surface area contributed by atoms with Crippen molar-refractivity contribution in [1.82, 2.24) is 14.9 Å². The van der Waals surface area contributed by atoms with E-state index in [2.05, 4.69) is 9.97 Å². The number of esters is 1. The van der Waals surface area contributed by atoms with Crippen molar-refractivity contribution in [2.24, 2.45) is 11.3 Å². The zero-order valence-electron chi connectivity index (χ0n) is 35.3. The SMILES string of the molecule is CC(OC(=O)OCc1ccc([N+](=O)[O-])cc1)C1C(=O)N(C(C(=O)OCc2ccc([N+](=O)[O-])cc2)=P(c2ccccc2)(c2ccccc2)c2ccccc2)C1C(C)(C)C(=S)c1ncccn1. The third kappa shape index (κ3) is 9.31. The fourth-order valence-corrected chi connectivity index (χ4v) is 12.6. The predicted octanol–water partition coefficient (Wildman–Crippen LogP) is 7.47. The molecule has 0 bridgehead atoms. The van der Waals surface area contributed by atoms with Gasteiger partial charge in [-0.3, -0.25) is 29.9 Å². The van der Waals surface area contributed by atoms with Crippen LogP contribution in [-0.4, -0.2) is 65.2 Å². The number of likely N-dealkylation sites (tertiary alicyclic amines) is 1. The van der Waals surface area contributed by atoms with Crippen LogP contribution in [-0.2, 0) is 37.0 Å². The highest BCUT2D eigenvalue weighted by atomic mass is 32.1. The molecule has 1 amide bonds. The summed E-state index contributed by atoms with van der Waals surface area (Å²) in [7, 11) is 0. The number of ether oxygens (including phenoxy) is 3. The molecule has 1 aromatic heterocycles. The standard InChI is InChI=1S/C48H42N5O10PS/c1-32(63-47(56)62-31-34-22-26-36(27-23-34)53(59)60)40-41(48(2,3)42(65)43-49-28-13-29-50-43)51(44(40)54)45(46(55)61-30-33-20-24-35(25-21-33)52(57)58)64(37-14-7-4-8-15-37,38-16-9-5-10-17-38)39-18-11-6-12-19-39/h4-29,32,40-41H,30-31H2,1-3H3. The Hall–Kier alpha value is -7.42. The number of carbonyl (C=O) groups is 3. The molecular weight excluding hydrogens is 870 g/mol. The van der Waals surface area contributed by atoms with Crippen molar-refractivity contribution in [2.45, 2.75) is 46.1 Å². The van der Waals surface area contributed by atoms with Gasteiger partial charge >= 0.3 is 12.1 Å². The predicted molar refractivity (Wildman–Crippen MR) is 249 cm³/mol. The number of nitro benzene ring substituents is 2. The van der Waals surface area contributed by atoms with E-state index in [1.165, 1.54) is 53.4 Å². The largest absolute Gasteiger partial charge is 0.508 e. The van der Waals surface area contributed by atoms with Crippen LogP contribution >= 0.6 is 19.1 Å². The second kappa shape index (κ2) is 19.5. The summed E-state index contributed by atoms with van der Waals surface area (Å²) in [5.74, 6) is -2.29. The van der Waals surface area contributed by atoms with Crippen molar-refractivity contribution in [2.75, 3.05) is 0 Å². The van der Waals surface area contributed by atoms with Crippen LogP contribution in [0, 0.1) is 31.6 Å². The van der Waals surface area contributed by atoms with E-state index in [1.54, 1.807) is 25.4 Å². The number of carbonyl (C=O) groups excluding carboxylic acids is 3. The molecule has 15 nitrogen and oxygen atoms in total. The van der Waals surface area contributed by atoms with Gasteiger partial charge in [0.15, 0.2) is 5.82 Å². The average molecular weight is 912 g/mol. The molecule has 5 aromatic carbocycles. The first-order valence-electron chi connectivity index (χ1n) is 20.3. The quantitative estimate of drug-likeness (QED) is 0.0177. The van der Waals surface area contributed by atoms with Crippen molar-refractivity contribution < 1.29 is 38.4 Å². The topological polar surface area (TPSA) is 194 Å². The Morgan fingerprint density at radius 3 is 1.57 bits per heavy atom. The van der Waals surface area contributed by atoms with Gasteiger partial charge in [-0.1, -0.05) is 117 Å². The summed E-state index contributed by atoms with van der Waals surface area (Å²) >= 11 is 6.14. The van der Waals surface area contributed by atoms with Gasteiger partial charge in [0.1, 0.15) is 24.7 Å². The number of hydrogen-bond donors (Lipinski definition) is 0. The lowest BCUT2D eigenvalue weighted by Crippen LogP contribution is -2.73.